The van der Waals surface area contributed by atoms with Crippen LogP contribution in [0.2, 0.25) is 0 Å². The lowest BCUT2D eigenvalue weighted by Gasteiger charge is -2.00. The van der Waals surface area contributed by atoms with Crippen molar-refractivity contribution in [2.24, 2.45) is 5.11 Å². The van der Waals surface area contributed by atoms with Gasteiger partial charge in [0, 0.05) is 26.6 Å². The van der Waals surface area contributed by atoms with Crippen LogP contribution < -0.4 is 0 Å². The molecule has 0 N–H and O–H groups in total. The molecule has 1 aromatic carbocycles. The Bertz CT molecular complexity index is 323. The van der Waals surface area contributed by atoms with E-state index in [-0.39, 0.29) is 0 Å². The Morgan fingerprint density at radius 2 is 2.23 bits per heavy atom. The topological polar surface area (TPSA) is 48.8 Å². The normalized spacial score (nSPS) is 9.31. The van der Waals surface area contributed by atoms with E-state index in [0.29, 0.717) is 6.54 Å². The predicted molar refractivity (Wildman–Crippen MR) is 58.9 cm³/mol. The summed E-state index contributed by atoms with van der Waals surface area (Å²) in [6, 6.07) is 7.99. The molecule has 0 aliphatic rings. The lowest BCUT2D eigenvalue weighted by molar-refractivity contribution is 1.12. The van der Waals surface area contributed by atoms with Crippen molar-refractivity contribution >= 4 is 27.7 Å². The molecule has 0 unspecified atom stereocenters. The van der Waals surface area contributed by atoms with Gasteiger partial charge in [-0.15, -0.1) is 11.8 Å². The maximum Gasteiger partial charge on any atom is 0.0352 e. The molecule has 0 saturated heterocycles. The van der Waals surface area contributed by atoms with E-state index in [0.717, 1.165) is 10.2 Å². The predicted octanol–water partition coefficient (Wildman–Crippen LogP) is 3.85. The summed E-state index contributed by atoms with van der Waals surface area (Å²) >= 11 is 5.12. The zero-order chi connectivity index (χ0) is 9.52. The Morgan fingerprint density at radius 1 is 1.46 bits per heavy atom. The molecule has 0 radical (unpaired) electrons. The van der Waals surface area contributed by atoms with Crippen LogP contribution in [0.5, 0.6) is 0 Å². The summed E-state index contributed by atoms with van der Waals surface area (Å²) < 4.78 is 1.08. The summed E-state index contributed by atoms with van der Waals surface area (Å²) in [5, 5.41) is 3.46. The highest BCUT2D eigenvalue weighted by Gasteiger charge is 1.97. The zero-order valence-electron chi connectivity index (χ0n) is 6.85. The van der Waals surface area contributed by atoms with Crippen molar-refractivity contribution in [2.75, 3.05) is 12.3 Å². The van der Waals surface area contributed by atoms with Gasteiger partial charge in [-0.05, 0) is 33.6 Å². The van der Waals surface area contributed by atoms with E-state index >= 15 is 0 Å². The molecule has 3 nitrogen and oxygen atoms in total. The number of azide groups is 1. The van der Waals surface area contributed by atoms with Gasteiger partial charge >= 0.3 is 0 Å². The first-order chi connectivity index (χ1) is 6.34. The molecule has 1 rings (SSSR count). The summed E-state index contributed by atoms with van der Waals surface area (Å²) in [6.45, 7) is 0.530. The van der Waals surface area contributed by atoms with Gasteiger partial charge in [-0.1, -0.05) is 17.2 Å². The van der Waals surface area contributed by atoms with Gasteiger partial charge in [-0.3, -0.25) is 0 Å². The fraction of sp³-hybridized carbons (Fsp3) is 0.250. The third-order valence-corrected chi connectivity index (χ3v) is 3.36. The molecule has 13 heavy (non-hydrogen) atoms. The molecule has 0 fully saturated rings. The average molecular weight is 258 g/mol. The summed E-state index contributed by atoms with van der Waals surface area (Å²) in [6.07, 6.45) is 0. The van der Waals surface area contributed by atoms with Crippen molar-refractivity contribution in [3.8, 4) is 0 Å². The van der Waals surface area contributed by atoms with Crippen molar-refractivity contribution < 1.29 is 0 Å². The Morgan fingerprint density at radius 3 is 2.92 bits per heavy atom. The van der Waals surface area contributed by atoms with Gasteiger partial charge in [0.15, 0.2) is 0 Å². The van der Waals surface area contributed by atoms with E-state index in [1.54, 1.807) is 11.8 Å². The third-order valence-electron chi connectivity index (χ3n) is 1.35. The van der Waals surface area contributed by atoms with Crippen LogP contribution in [0.15, 0.2) is 38.7 Å². The molecule has 0 aliphatic heterocycles. The standard InChI is InChI=1S/C8H8BrN3S/c9-7-3-1-2-4-8(7)13-6-5-11-12-10/h1-4H,5-6H2. The first kappa shape index (κ1) is 10.4. The molecule has 0 atom stereocenters. The fourth-order valence-electron chi connectivity index (χ4n) is 0.803. The second-order valence-electron chi connectivity index (χ2n) is 2.23. The van der Waals surface area contributed by atoms with Crippen molar-refractivity contribution in [1.82, 2.24) is 0 Å². The smallest absolute Gasteiger partial charge is 0.0352 e. The fourth-order valence-corrected chi connectivity index (χ4v) is 2.20. The molecule has 1 aromatic rings. The summed E-state index contributed by atoms with van der Waals surface area (Å²) in [4.78, 5) is 3.87. The van der Waals surface area contributed by atoms with E-state index in [2.05, 4.69) is 26.0 Å². The second kappa shape index (κ2) is 5.91. The number of hydrogen-bond donors (Lipinski definition) is 0. The first-order valence-electron chi connectivity index (χ1n) is 3.73. The number of thioether (sulfide) groups is 1. The first-order valence-corrected chi connectivity index (χ1v) is 5.50. The number of hydrogen-bond acceptors (Lipinski definition) is 2. The summed E-state index contributed by atoms with van der Waals surface area (Å²) in [5.41, 5.74) is 8.06. The molecule has 0 heterocycles. The van der Waals surface area contributed by atoms with Crippen molar-refractivity contribution in [3.63, 3.8) is 0 Å². The largest absolute Gasteiger partial charge is 0.125 e. The number of rotatable bonds is 4. The van der Waals surface area contributed by atoms with E-state index in [9.17, 15) is 0 Å². The number of halogens is 1. The monoisotopic (exact) mass is 257 g/mol. The zero-order valence-corrected chi connectivity index (χ0v) is 9.25. The summed E-state index contributed by atoms with van der Waals surface area (Å²) in [7, 11) is 0. The highest BCUT2D eigenvalue weighted by atomic mass is 79.9. The van der Waals surface area contributed by atoms with Crippen LogP contribution >= 0.6 is 27.7 Å². The molecule has 0 saturated carbocycles. The van der Waals surface area contributed by atoms with Crippen LogP contribution in [-0.2, 0) is 0 Å². The number of nitrogens with zero attached hydrogens (tertiary/aromatic N) is 3. The van der Waals surface area contributed by atoms with Crippen molar-refractivity contribution in [3.05, 3.63) is 39.2 Å². The highest BCUT2D eigenvalue weighted by Crippen LogP contribution is 2.26. The van der Waals surface area contributed by atoms with Gasteiger partial charge in [0.25, 0.3) is 0 Å². The molecular formula is C8H8BrN3S. The molecule has 0 aromatic heterocycles. The Kier molecular flexibility index (Phi) is 4.75. The van der Waals surface area contributed by atoms with Gasteiger partial charge < -0.3 is 0 Å². The van der Waals surface area contributed by atoms with Gasteiger partial charge in [-0.2, -0.15) is 0 Å². The maximum absolute atomic E-state index is 8.06. The molecule has 0 aliphatic carbocycles. The minimum absolute atomic E-state index is 0.530. The molecule has 0 bridgehead atoms. The SMILES string of the molecule is [N-]=[N+]=NCCSc1ccccc1Br. The molecule has 0 amide bonds. The average Bonchev–Trinajstić information content (AvgIpc) is 2.15. The highest BCUT2D eigenvalue weighted by molar-refractivity contribution is 9.10. The molecular weight excluding hydrogens is 250 g/mol. The molecule has 68 valence electrons. The van der Waals surface area contributed by atoms with Crippen molar-refractivity contribution in [2.45, 2.75) is 4.90 Å². The summed E-state index contributed by atoms with van der Waals surface area (Å²) in [5.74, 6) is 0.812. The second-order valence-corrected chi connectivity index (χ2v) is 4.22. The van der Waals surface area contributed by atoms with E-state index in [1.807, 2.05) is 24.3 Å². The quantitative estimate of drug-likeness (QED) is 0.266. The molecule has 0 spiro atoms. The maximum atomic E-state index is 8.06. The van der Waals surface area contributed by atoms with Crippen LogP contribution in [0.4, 0.5) is 0 Å². The van der Waals surface area contributed by atoms with Crippen LogP contribution in [0.3, 0.4) is 0 Å². The third kappa shape index (κ3) is 3.72. The molecule has 5 heteroatoms. The van der Waals surface area contributed by atoms with Crippen LogP contribution in [0, 0.1) is 0 Å². The minimum atomic E-state index is 0.530. The van der Waals surface area contributed by atoms with Crippen LogP contribution in [0.25, 0.3) is 10.4 Å². The van der Waals surface area contributed by atoms with Gasteiger partial charge in [0.05, 0.1) is 0 Å². The lowest BCUT2D eigenvalue weighted by atomic mass is 10.4. The van der Waals surface area contributed by atoms with Crippen molar-refractivity contribution in [1.29, 1.82) is 0 Å². The Labute approximate surface area is 89.3 Å². The van der Waals surface area contributed by atoms with E-state index in [4.69, 9.17) is 5.53 Å². The Hall–Kier alpha value is -0.640. The van der Waals surface area contributed by atoms with Crippen LogP contribution in [-0.4, -0.2) is 12.3 Å². The van der Waals surface area contributed by atoms with Gasteiger partial charge in [-0.25, -0.2) is 0 Å². The van der Waals surface area contributed by atoms with Gasteiger partial charge in [0.2, 0.25) is 0 Å². The van der Waals surface area contributed by atoms with Crippen LogP contribution in [0.1, 0.15) is 0 Å². The minimum Gasteiger partial charge on any atom is -0.125 e. The Balaban J connectivity index is 2.45. The van der Waals surface area contributed by atoms with E-state index < -0.39 is 0 Å². The number of benzene rings is 1. The van der Waals surface area contributed by atoms with E-state index in [1.165, 1.54) is 4.90 Å². The lowest BCUT2D eigenvalue weighted by Crippen LogP contribution is -1.83. The van der Waals surface area contributed by atoms with Gasteiger partial charge in [0.1, 0.15) is 0 Å².